The first-order valence-corrected chi connectivity index (χ1v) is 10.3. The lowest BCUT2D eigenvalue weighted by Gasteiger charge is -2.14. The Balaban J connectivity index is 3.33. The Morgan fingerprint density at radius 1 is 0.654 bits per heavy atom. The lowest BCUT2D eigenvalue weighted by molar-refractivity contribution is 0.0886. The predicted molar refractivity (Wildman–Crippen MR) is 102 cm³/mol. The van der Waals surface area contributed by atoms with Gasteiger partial charge in [0.2, 0.25) is 0 Å². The molecule has 0 saturated carbocycles. The molecule has 0 spiro atoms. The second-order valence-corrected chi connectivity index (χ2v) is 6.97. The van der Waals surface area contributed by atoms with Crippen LogP contribution in [0.1, 0.15) is 96.8 Å². The zero-order valence-corrected chi connectivity index (χ0v) is 16.4. The van der Waals surface area contributed by atoms with Gasteiger partial charge in [-0.1, -0.05) is 84.0 Å². The molecule has 0 aromatic heterocycles. The van der Waals surface area contributed by atoms with E-state index in [1.165, 1.54) is 51.4 Å². The number of rotatable bonds is 18. The maximum absolute atomic E-state index is 10.2. The molecule has 0 aliphatic heterocycles. The van der Waals surface area contributed by atoms with E-state index in [2.05, 4.69) is 16.4 Å². The Morgan fingerprint density at radius 2 is 1.00 bits per heavy atom. The third-order valence-electron chi connectivity index (χ3n) is 4.79. The standard InChI is InChI=1S/C20H38O6/c1-2-18(15-11-9-13-17-26-20(23)24)14-10-7-5-3-4-6-8-12-16-25-19(21)22/h18H,2-17H2,1H3,(H,21,22)(H,23,24). The highest BCUT2D eigenvalue weighted by atomic mass is 16.7. The van der Waals surface area contributed by atoms with Gasteiger partial charge in [0.05, 0.1) is 13.2 Å². The Labute approximate surface area is 158 Å². The van der Waals surface area contributed by atoms with Crippen molar-refractivity contribution in [3.05, 3.63) is 0 Å². The summed E-state index contributed by atoms with van der Waals surface area (Å²) >= 11 is 0. The predicted octanol–water partition coefficient (Wildman–Crippen LogP) is 6.47. The molecule has 0 heterocycles. The largest absolute Gasteiger partial charge is 0.505 e. The summed E-state index contributed by atoms with van der Waals surface area (Å²) in [4.78, 5) is 20.4. The van der Waals surface area contributed by atoms with Gasteiger partial charge in [0, 0.05) is 0 Å². The highest BCUT2D eigenvalue weighted by molar-refractivity contribution is 5.56. The third kappa shape index (κ3) is 18.9. The van der Waals surface area contributed by atoms with Crippen molar-refractivity contribution in [3.8, 4) is 0 Å². The van der Waals surface area contributed by atoms with E-state index < -0.39 is 12.3 Å². The van der Waals surface area contributed by atoms with E-state index in [4.69, 9.17) is 10.2 Å². The van der Waals surface area contributed by atoms with Crippen LogP contribution >= 0.6 is 0 Å². The summed E-state index contributed by atoms with van der Waals surface area (Å²) in [6.07, 6.45) is 13.8. The molecular formula is C20H38O6. The van der Waals surface area contributed by atoms with Gasteiger partial charge < -0.3 is 19.7 Å². The van der Waals surface area contributed by atoms with Crippen molar-refractivity contribution in [2.75, 3.05) is 13.2 Å². The van der Waals surface area contributed by atoms with Gasteiger partial charge in [-0.25, -0.2) is 9.59 Å². The van der Waals surface area contributed by atoms with E-state index in [1.54, 1.807) is 0 Å². The fraction of sp³-hybridized carbons (Fsp3) is 0.900. The lowest BCUT2D eigenvalue weighted by Crippen LogP contribution is -2.03. The average molecular weight is 375 g/mol. The van der Waals surface area contributed by atoms with Gasteiger partial charge in [0.1, 0.15) is 0 Å². The van der Waals surface area contributed by atoms with Crippen LogP contribution in [0.3, 0.4) is 0 Å². The summed E-state index contributed by atoms with van der Waals surface area (Å²) in [6, 6.07) is 0. The van der Waals surface area contributed by atoms with Crippen molar-refractivity contribution in [2.45, 2.75) is 96.8 Å². The van der Waals surface area contributed by atoms with E-state index in [0.29, 0.717) is 13.2 Å². The van der Waals surface area contributed by atoms with Gasteiger partial charge in [0.25, 0.3) is 0 Å². The Bertz CT molecular complexity index is 345. The van der Waals surface area contributed by atoms with E-state index in [-0.39, 0.29) is 0 Å². The second-order valence-electron chi connectivity index (χ2n) is 6.97. The van der Waals surface area contributed by atoms with Crippen LogP contribution in [0, 0.1) is 5.92 Å². The van der Waals surface area contributed by atoms with E-state index in [9.17, 15) is 9.59 Å². The number of hydrogen-bond acceptors (Lipinski definition) is 4. The number of unbranched alkanes of at least 4 members (excludes halogenated alkanes) is 9. The van der Waals surface area contributed by atoms with Gasteiger partial charge in [-0.05, 0) is 18.8 Å². The first-order valence-electron chi connectivity index (χ1n) is 10.3. The van der Waals surface area contributed by atoms with Crippen LogP contribution in [-0.4, -0.2) is 35.7 Å². The smallest absolute Gasteiger partial charge is 0.450 e. The molecule has 0 bridgehead atoms. The second kappa shape index (κ2) is 18.3. The SMILES string of the molecule is CCC(CCCCCCCCCCOC(=O)O)CCCCCOC(=O)O. The van der Waals surface area contributed by atoms with Crippen LogP contribution in [0.4, 0.5) is 9.59 Å². The quantitative estimate of drug-likeness (QED) is 0.211. The summed E-state index contributed by atoms with van der Waals surface area (Å²) in [6.45, 7) is 2.89. The van der Waals surface area contributed by atoms with Crippen molar-refractivity contribution in [1.29, 1.82) is 0 Å². The molecule has 26 heavy (non-hydrogen) atoms. The maximum atomic E-state index is 10.2. The van der Waals surface area contributed by atoms with Crippen LogP contribution in [0.5, 0.6) is 0 Å². The van der Waals surface area contributed by atoms with Gasteiger partial charge in [0.15, 0.2) is 0 Å². The molecule has 1 unspecified atom stereocenters. The molecule has 6 nitrogen and oxygen atoms in total. The summed E-state index contributed by atoms with van der Waals surface area (Å²) in [5.74, 6) is 0.796. The van der Waals surface area contributed by atoms with Gasteiger partial charge in [-0.3, -0.25) is 0 Å². The number of hydrogen-bond donors (Lipinski definition) is 2. The van der Waals surface area contributed by atoms with Gasteiger partial charge in [-0.15, -0.1) is 0 Å². The molecule has 0 fully saturated rings. The summed E-state index contributed by atoms with van der Waals surface area (Å²) in [5.41, 5.74) is 0. The van der Waals surface area contributed by atoms with Crippen molar-refractivity contribution in [2.24, 2.45) is 5.92 Å². The highest BCUT2D eigenvalue weighted by Gasteiger charge is 2.06. The molecular weight excluding hydrogens is 336 g/mol. The summed E-state index contributed by atoms with van der Waals surface area (Å²) in [7, 11) is 0. The maximum Gasteiger partial charge on any atom is 0.505 e. The molecule has 0 rings (SSSR count). The van der Waals surface area contributed by atoms with Crippen molar-refractivity contribution in [3.63, 3.8) is 0 Å². The Kier molecular flexibility index (Phi) is 17.3. The van der Waals surface area contributed by atoms with E-state index in [0.717, 1.165) is 44.4 Å². The minimum Gasteiger partial charge on any atom is -0.450 e. The Morgan fingerprint density at radius 3 is 1.38 bits per heavy atom. The average Bonchev–Trinajstić information content (AvgIpc) is 2.60. The van der Waals surface area contributed by atoms with Crippen molar-refractivity contribution >= 4 is 12.3 Å². The van der Waals surface area contributed by atoms with E-state index in [1.807, 2.05) is 0 Å². The van der Waals surface area contributed by atoms with Gasteiger partial charge in [-0.2, -0.15) is 0 Å². The molecule has 6 heteroatoms. The number of carboxylic acid groups (broad SMARTS) is 2. The molecule has 0 aliphatic rings. The van der Waals surface area contributed by atoms with Crippen molar-refractivity contribution in [1.82, 2.24) is 0 Å². The highest BCUT2D eigenvalue weighted by Crippen LogP contribution is 2.21. The first-order chi connectivity index (χ1) is 12.6. The summed E-state index contributed by atoms with van der Waals surface area (Å²) < 4.78 is 8.99. The molecule has 2 N–H and O–H groups in total. The van der Waals surface area contributed by atoms with Crippen LogP contribution in [0.25, 0.3) is 0 Å². The summed E-state index contributed by atoms with van der Waals surface area (Å²) in [5, 5.41) is 16.7. The molecule has 0 aromatic rings. The Hall–Kier alpha value is -1.46. The van der Waals surface area contributed by atoms with Crippen LogP contribution < -0.4 is 0 Å². The van der Waals surface area contributed by atoms with E-state index >= 15 is 0 Å². The third-order valence-corrected chi connectivity index (χ3v) is 4.79. The van der Waals surface area contributed by atoms with Crippen LogP contribution in [0.15, 0.2) is 0 Å². The fourth-order valence-corrected chi connectivity index (χ4v) is 3.18. The molecule has 0 aromatic carbocycles. The van der Waals surface area contributed by atoms with Crippen molar-refractivity contribution < 1.29 is 29.3 Å². The molecule has 0 radical (unpaired) electrons. The van der Waals surface area contributed by atoms with Gasteiger partial charge >= 0.3 is 12.3 Å². The normalized spacial score (nSPS) is 11.9. The molecule has 0 aliphatic carbocycles. The minimum atomic E-state index is -1.18. The fourth-order valence-electron chi connectivity index (χ4n) is 3.18. The topological polar surface area (TPSA) is 93.1 Å². The minimum absolute atomic E-state index is 0.318. The zero-order chi connectivity index (χ0) is 19.5. The molecule has 0 saturated heterocycles. The number of ether oxygens (including phenoxy) is 2. The first kappa shape index (κ1) is 24.5. The molecule has 154 valence electrons. The number of carbonyl (C=O) groups is 2. The lowest BCUT2D eigenvalue weighted by atomic mass is 9.92. The molecule has 1 atom stereocenters. The monoisotopic (exact) mass is 374 g/mol. The molecule has 0 amide bonds. The van der Waals surface area contributed by atoms with Crippen LogP contribution in [-0.2, 0) is 9.47 Å². The zero-order valence-electron chi connectivity index (χ0n) is 16.4. The van der Waals surface area contributed by atoms with Crippen LogP contribution in [0.2, 0.25) is 0 Å².